The van der Waals surface area contributed by atoms with Gasteiger partial charge in [0, 0.05) is 18.2 Å². The standard InChI is InChI=1S/C15H17N3O3/c1-10-3-2-4-11-7-8-17(14(10)15(11)19)13-6-5-12(9-16-13)18(20)21/h2-3,5-11,14-15,19H,4H2,1H3. The Morgan fingerprint density at radius 2 is 2.24 bits per heavy atom. The molecule has 2 heterocycles. The first-order chi connectivity index (χ1) is 10.1. The summed E-state index contributed by atoms with van der Waals surface area (Å²) in [6.07, 6.45) is 9.73. The van der Waals surface area contributed by atoms with Gasteiger partial charge >= 0.3 is 0 Å². The monoisotopic (exact) mass is 287 g/mol. The summed E-state index contributed by atoms with van der Waals surface area (Å²) in [4.78, 5) is 16.3. The highest BCUT2D eigenvalue weighted by Gasteiger charge is 2.38. The van der Waals surface area contributed by atoms with Gasteiger partial charge < -0.3 is 10.0 Å². The van der Waals surface area contributed by atoms with Crippen molar-refractivity contribution in [3.63, 3.8) is 0 Å². The van der Waals surface area contributed by atoms with E-state index in [1.54, 1.807) is 6.07 Å². The molecule has 1 aromatic rings. The number of aliphatic hydroxyl groups is 1. The van der Waals surface area contributed by atoms with Crippen LogP contribution in [-0.4, -0.2) is 27.2 Å². The van der Waals surface area contributed by atoms with Crippen molar-refractivity contribution in [2.24, 2.45) is 11.8 Å². The Bertz CT molecular complexity index is 597. The number of pyridine rings is 1. The van der Waals surface area contributed by atoms with Crippen LogP contribution in [0.1, 0.15) is 13.3 Å². The first-order valence-electron chi connectivity index (χ1n) is 7.00. The molecule has 0 spiro atoms. The van der Waals surface area contributed by atoms with Crippen LogP contribution in [0, 0.1) is 22.0 Å². The average molecular weight is 287 g/mol. The first kappa shape index (κ1) is 13.8. The Labute approximate surface area is 122 Å². The molecule has 0 saturated heterocycles. The lowest BCUT2D eigenvalue weighted by Crippen LogP contribution is -2.50. The van der Waals surface area contributed by atoms with Crippen LogP contribution in [0.3, 0.4) is 0 Å². The molecule has 0 amide bonds. The second-order valence-corrected chi connectivity index (χ2v) is 5.55. The van der Waals surface area contributed by atoms with E-state index in [1.165, 1.54) is 12.3 Å². The van der Waals surface area contributed by atoms with Gasteiger partial charge in [0.25, 0.3) is 5.69 Å². The smallest absolute Gasteiger partial charge is 0.287 e. The lowest BCUT2D eigenvalue weighted by molar-refractivity contribution is -0.385. The predicted octanol–water partition coefficient (Wildman–Crippen LogP) is 2.27. The van der Waals surface area contributed by atoms with Crippen LogP contribution in [0.15, 0.2) is 42.8 Å². The van der Waals surface area contributed by atoms with Gasteiger partial charge in [0.2, 0.25) is 0 Å². The lowest BCUT2D eigenvalue weighted by Gasteiger charge is -2.40. The Hall–Kier alpha value is -2.21. The van der Waals surface area contributed by atoms with Gasteiger partial charge in [-0.2, -0.15) is 0 Å². The molecule has 1 aliphatic heterocycles. The summed E-state index contributed by atoms with van der Waals surface area (Å²) in [5.74, 6) is 0.902. The number of aliphatic hydroxyl groups excluding tert-OH is 1. The summed E-state index contributed by atoms with van der Waals surface area (Å²) in [5.41, 5.74) is -0.0352. The number of rotatable bonds is 2. The van der Waals surface area contributed by atoms with E-state index >= 15 is 0 Å². The zero-order valence-corrected chi connectivity index (χ0v) is 11.7. The molecule has 4 unspecified atom stereocenters. The molecule has 0 fully saturated rings. The second-order valence-electron chi connectivity index (χ2n) is 5.55. The highest BCUT2D eigenvalue weighted by atomic mass is 16.6. The minimum atomic E-state index is -0.475. The highest BCUT2D eigenvalue weighted by molar-refractivity contribution is 5.49. The number of nitro groups is 1. The molecule has 4 atom stereocenters. The summed E-state index contributed by atoms with van der Waals surface area (Å²) in [6.45, 7) is 2.06. The zero-order valence-electron chi connectivity index (χ0n) is 11.7. The number of hydrogen-bond acceptors (Lipinski definition) is 5. The van der Waals surface area contributed by atoms with E-state index in [0.717, 1.165) is 6.42 Å². The number of fused-ring (bicyclic) bond motifs is 2. The van der Waals surface area contributed by atoms with Crippen molar-refractivity contribution in [2.75, 3.05) is 4.90 Å². The number of nitrogens with zero attached hydrogens (tertiary/aromatic N) is 3. The van der Waals surface area contributed by atoms with Crippen molar-refractivity contribution in [1.29, 1.82) is 0 Å². The number of allylic oxidation sites excluding steroid dienone is 1. The fourth-order valence-corrected chi connectivity index (χ4v) is 3.05. The molecule has 0 saturated carbocycles. The maximum absolute atomic E-state index is 10.7. The van der Waals surface area contributed by atoms with E-state index in [0.29, 0.717) is 5.82 Å². The van der Waals surface area contributed by atoms with Gasteiger partial charge in [-0.05, 0) is 18.4 Å². The third-order valence-corrected chi connectivity index (χ3v) is 4.20. The number of anilines is 1. The molecule has 1 N–H and O–H groups in total. The Balaban J connectivity index is 1.95. The molecule has 6 heteroatoms. The topological polar surface area (TPSA) is 79.5 Å². The molecule has 21 heavy (non-hydrogen) atoms. The van der Waals surface area contributed by atoms with Crippen molar-refractivity contribution in [3.05, 3.63) is 52.9 Å². The second kappa shape index (κ2) is 5.29. The van der Waals surface area contributed by atoms with E-state index in [-0.39, 0.29) is 23.6 Å². The highest BCUT2D eigenvalue weighted by Crippen LogP contribution is 2.34. The number of hydrogen-bond donors (Lipinski definition) is 1. The van der Waals surface area contributed by atoms with Crippen LogP contribution in [0.2, 0.25) is 0 Å². The van der Waals surface area contributed by atoms with Crippen molar-refractivity contribution < 1.29 is 10.0 Å². The summed E-state index contributed by atoms with van der Waals surface area (Å²) < 4.78 is 0. The molecule has 1 aromatic heterocycles. The quantitative estimate of drug-likeness (QED) is 0.513. The molecular weight excluding hydrogens is 270 g/mol. The summed E-state index contributed by atoms with van der Waals surface area (Å²) in [5, 5.41) is 21.2. The Morgan fingerprint density at radius 3 is 2.90 bits per heavy atom. The normalized spacial score (nSPS) is 31.0. The van der Waals surface area contributed by atoms with Crippen molar-refractivity contribution in [3.8, 4) is 0 Å². The maximum Gasteiger partial charge on any atom is 0.287 e. The van der Waals surface area contributed by atoms with Crippen LogP contribution in [0.25, 0.3) is 0 Å². The van der Waals surface area contributed by atoms with Crippen LogP contribution in [-0.2, 0) is 0 Å². The summed E-state index contributed by atoms with van der Waals surface area (Å²) in [7, 11) is 0. The third-order valence-electron chi connectivity index (χ3n) is 4.20. The fraction of sp³-hybridized carbons (Fsp3) is 0.400. The molecular formula is C15H17N3O3. The molecule has 0 radical (unpaired) electrons. The van der Waals surface area contributed by atoms with Crippen LogP contribution in [0.4, 0.5) is 11.5 Å². The molecule has 2 bridgehead atoms. The Kier molecular flexibility index (Phi) is 3.47. The zero-order chi connectivity index (χ0) is 15.0. The van der Waals surface area contributed by atoms with Gasteiger partial charge in [-0.15, -0.1) is 0 Å². The van der Waals surface area contributed by atoms with Crippen LogP contribution >= 0.6 is 0 Å². The molecule has 0 aromatic carbocycles. The van der Waals surface area contributed by atoms with Crippen molar-refractivity contribution >= 4 is 11.5 Å². The largest absolute Gasteiger partial charge is 0.390 e. The Morgan fingerprint density at radius 1 is 1.43 bits per heavy atom. The minimum absolute atomic E-state index is 0.0352. The summed E-state index contributed by atoms with van der Waals surface area (Å²) in [6, 6.07) is 2.95. The molecule has 3 rings (SSSR count). The average Bonchev–Trinajstić information content (AvgIpc) is 2.56. The van der Waals surface area contributed by atoms with Gasteiger partial charge in [-0.1, -0.05) is 25.2 Å². The van der Waals surface area contributed by atoms with Gasteiger partial charge in [0.1, 0.15) is 12.0 Å². The number of aromatic nitrogens is 1. The van der Waals surface area contributed by atoms with E-state index in [1.807, 2.05) is 17.2 Å². The SMILES string of the molecule is CC1C=CCC2C=CN(c3ccc([N+](=O)[O-])cn3)C1C2O. The van der Waals surface area contributed by atoms with Crippen LogP contribution in [0.5, 0.6) is 0 Å². The molecule has 1 aliphatic carbocycles. The molecule has 110 valence electrons. The van der Waals surface area contributed by atoms with E-state index in [4.69, 9.17) is 0 Å². The maximum atomic E-state index is 10.7. The molecule has 2 aliphatic rings. The van der Waals surface area contributed by atoms with E-state index in [2.05, 4.69) is 24.1 Å². The van der Waals surface area contributed by atoms with Gasteiger partial charge in [0.15, 0.2) is 0 Å². The van der Waals surface area contributed by atoms with Crippen LogP contribution < -0.4 is 4.90 Å². The summed E-state index contributed by atoms with van der Waals surface area (Å²) >= 11 is 0. The third kappa shape index (κ3) is 2.42. The predicted molar refractivity (Wildman–Crippen MR) is 78.7 cm³/mol. The minimum Gasteiger partial charge on any atom is -0.390 e. The van der Waals surface area contributed by atoms with Crippen molar-refractivity contribution in [2.45, 2.75) is 25.5 Å². The van der Waals surface area contributed by atoms with Gasteiger partial charge in [-0.25, -0.2) is 4.98 Å². The molecule has 6 nitrogen and oxygen atoms in total. The fourth-order valence-electron chi connectivity index (χ4n) is 3.05. The van der Waals surface area contributed by atoms with Gasteiger partial charge in [-0.3, -0.25) is 10.1 Å². The van der Waals surface area contributed by atoms with E-state index in [9.17, 15) is 15.2 Å². The van der Waals surface area contributed by atoms with E-state index < -0.39 is 11.0 Å². The van der Waals surface area contributed by atoms with Crippen molar-refractivity contribution in [1.82, 2.24) is 4.98 Å². The first-order valence-corrected chi connectivity index (χ1v) is 7.00. The van der Waals surface area contributed by atoms with Gasteiger partial charge in [0.05, 0.1) is 17.1 Å². The lowest BCUT2D eigenvalue weighted by atomic mass is 9.86.